The molecule has 0 bridgehead atoms. The minimum atomic E-state index is -0.735. The van der Waals surface area contributed by atoms with Crippen molar-refractivity contribution in [1.29, 1.82) is 0 Å². The lowest BCUT2D eigenvalue weighted by Crippen LogP contribution is -2.40. The van der Waals surface area contributed by atoms with Crippen LogP contribution in [0.4, 0.5) is 10.2 Å². The van der Waals surface area contributed by atoms with Gasteiger partial charge in [-0.1, -0.05) is 26.0 Å². The van der Waals surface area contributed by atoms with Crippen LogP contribution in [0.5, 0.6) is 0 Å². The lowest BCUT2D eigenvalue weighted by atomic mass is 10.1. The Labute approximate surface area is 254 Å². The fourth-order valence-electron chi connectivity index (χ4n) is 5.50. The summed E-state index contributed by atoms with van der Waals surface area (Å²) >= 11 is 2.28. The number of rotatable bonds is 5. The molecule has 4 aromatic heterocycles. The number of fused-ring (bicyclic) bond motifs is 2. The van der Waals surface area contributed by atoms with E-state index >= 15 is 0 Å². The maximum atomic E-state index is 13.5. The molecular formula is C30H26FIN8O2. The minimum absolute atomic E-state index is 0.0679. The zero-order chi connectivity index (χ0) is 29.2. The molecule has 2 amide bonds. The molecule has 1 aliphatic heterocycles. The van der Waals surface area contributed by atoms with Gasteiger partial charge in [-0.15, -0.1) is 0 Å². The van der Waals surface area contributed by atoms with E-state index in [9.17, 15) is 14.0 Å². The fourth-order valence-corrected chi connectivity index (χ4v) is 5.86. The van der Waals surface area contributed by atoms with E-state index in [1.165, 1.54) is 12.3 Å². The molecule has 0 unspecified atom stereocenters. The van der Waals surface area contributed by atoms with Crippen LogP contribution in [0.2, 0.25) is 0 Å². The molecule has 212 valence electrons. The summed E-state index contributed by atoms with van der Waals surface area (Å²) in [4.78, 5) is 40.7. The summed E-state index contributed by atoms with van der Waals surface area (Å²) in [5, 5.41) is 7.54. The molecule has 1 aliphatic carbocycles. The van der Waals surface area contributed by atoms with Gasteiger partial charge in [0.2, 0.25) is 11.9 Å². The maximum absolute atomic E-state index is 13.5. The molecule has 42 heavy (non-hydrogen) atoms. The van der Waals surface area contributed by atoms with Gasteiger partial charge in [-0.05, 0) is 64.8 Å². The van der Waals surface area contributed by atoms with Gasteiger partial charge in [0, 0.05) is 46.0 Å². The van der Waals surface area contributed by atoms with Crippen molar-refractivity contribution in [2.45, 2.75) is 33.4 Å². The molecule has 0 radical (unpaired) electrons. The summed E-state index contributed by atoms with van der Waals surface area (Å²) in [6.07, 6.45) is 3.78. The predicted molar refractivity (Wildman–Crippen MR) is 162 cm³/mol. The molecule has 10 nitrogen and oxygen atoms in total. The first-order valence-corrected chi connectivity index (χ1v) is 14.7. The number of nitrogens with zero attached hydrogens (tertiary/aromatic N) is 7. The fraction of sp³-hybridized carbons (Fsp3) is 0.267. The van der Waals surface area contributed by atoms with E-state index in [4.69, 9.17) is 10.1 Å². The Morgan fingerprint density at radius 1 is 1.07 bits per heavy atom. The second kappa shape index (κ2) is 9.96. The Morgan fingerprint density at radius 2 is 1.86 bits per heavy atom. The molecule has 2 aliphatic rings. The van der Waals surface area contributed by atoms with Crippen LogP contribution in [0.3, 0.4) is 0 Å². The van der Waals surface area contributed by atoms with Crippen molar-refractivity contribution in [2.24, 2.45) is 11.3 Å². The number of pyridine rings is 1. The largest absolute Gasteiger partial charge is 0.333 e. The second-order valence-electron chi connectivity index (χ2n) is 11.4. The topological polar surface area (TPSA) is 110 Å². The molecular weight excluding hydrogens is 650 g/mol. The van der Waals surface area contributed by atoms with Crippen molar-refractivity contribution in [1.82, 2.24) is 34.0 Å². The molecule has 12 heteroatoms. The normalized spacial score (nSPS) is 17.2. The highest BCUT2D eigenvalue weighted by atomic mass is 127. The van der Waals surface area contributed by atoms with Gasteiger partial charge < -0.3 is 14.8 Å². The highest BCUT2D eigenvalue weighted by Crippen LogP contribution is 2.52. The van der Waals surface area contributed by atoms with Gasteiger partial charge in [0.05, 0.1) is 24.1 Å². The number of imidazole rings is 2. The van der Waals surface area contributed by atoms with E-state index in [-0.39, 0.29) is 28.6 Å². The second-order valence-corrected chi connectivity index (χ2v) is 12.6. The van der Waals surface area contributed by atoms with Crippen molar-refractivity contribution in [2.75, 3.05) is 11.9 Å². The predicted octanol–water partition coefficient (Wildman–Crippen LogP) is 5.04. The van der Waals surface area contributed by atoms with Crippen molar-refractivity contribution >= 4 is 45.9 Å². The Kier molecular flexibility index (Phi) is 6.33. The molecule has 0 saturated heterocycles. The van der Waals surface area contributed by atoms with E-state index in [2.05, 4.69) is 56.3 Å². The van der Waals surface area contributed by atoms with Gasteiger partial charge in [-0.3, -0.25) is 9.59 Å². The molecule has 5 heterocycles. The van der Waals surface area contributed by atoms with Crippen LogP contribution in [0.1, 0.15) is 36.5 Å². The highest BCUT2D eigenvalue weighted by Gasteiger charge is 2.52. The van der Waals surface area contributed by atoms with Gasteiger partial charge in [0.1, 0.15) is 11.5 Å². The average molecular weight is 676 g/mol. The summed E-state index contributed by atoms with van der Waals surface area (Å²) < 4.78 is 18.4. The van der Waals surface area contributed by atoms with E-state index in [1.54, 1.807) is 10.7 Å². The lowest BCUT2D eigenvalue weighted by Gasteiger charge is -2.29. The van der Waals surface area contributed by atoms with E-state index in [0.29, 0.717) is 31.0 Å². The minimum Gasteiger partial charge on any atom is -0.333 e. The molecule has 1 aromatic carbocycles. The summed E-state index contributed by atoms with van der Waals surface area (Å²) in [6, 6.07) is 14.4. The molecule has 1 saturated carbocycles. The van der Waals surface area contributed by atoms with Crippen LogP contribution in [0, 0.1) is 20.9 Å². The molecule has 1 atom stereocenters. The summed E-state index contributed by atoms with van der Waals surface area (Å²) in [5.74, 6) is 0.148. The number of aromatic nitrogens is 6. The van der Waals surface area contributed by atoms with E-state index in [0.717, 1.165) is 38.8 Å². The standard InChI is InChI=1S/C30H26FIN8O2/c1-30(2)14-20(30)29(42)38-11-12-39-25(16-38)36-26(17-3-5-19(32)6-4-17)27(39)21-7-8-24-34-23(15-40(24)37-21)35-28(41)18-9-10-33-22(31)13-18/h3-10,13,15,20H,11-12,14,16H2,1-2H3,(H,35,41)/t20-/m1/s1. The summed E-state index contributed by atoms with van der Waals surface area (Å²) in [6.45, 7) is 5.94. The van der Waals surface area contributed by atoms with Gasteiger partial charge in [-0.2, -0.15) is 9.49 Å². The maximum Gasteiger partial charge on any atom is 0.257 e. The Hall–Kier alpha value is -4.20. The quantitative estimate of drug-likeness (QED) is 0.207. The molecule has 0 spiro atoms. The number of hydrogen-bond donors (Lipinski definition) is 1. The van der Waals surface area contributed by atoms with Crippen LogP contribution in [0.25, 0.3) is 28.3 Å². The van der Waals surface area contributed by atoms with Crippen LogP contribution >= 0.6 is 22.6 Å². The van der Waals surface area contributed by atoms with Crippen LogP contribution in [-0.4, -0.2) is 52.4 Å². The van der Waals surface area contributed by atoms with Crippen molar-refractivity contribution in [3.63, 3.8) is 0 Å². The third kappa shape index (κ3) is 4.82. The van der Waals surface area contributed by atoms with Gasteiger partial charge >= 0.3 is 0 Å². The van der Waals surface area contributed by atoms with Crippen LogP contribution in [0.15, 0.2) is 60.9 Å². The monoisotopic (exact) mass is 676 g/mol. The average Bonchev–Trinajstić information content (AvgIpc) is 3.28. The first-order chi connectivity index (χ1) is 20.2. The molecule has 1 N–H and O–H groups in total. The third-order valence-electron chi connectivity index (χ3n) is 8.01. The number of halogens is 2. The Bertz CT molecular complexity index is 1880. The zero-order valence-corrected chi connectivity index (χ0v) is 25.0. The zero-order valence-electron chi connectivity index (χ0n) is 22.9. The Morgan fingerprint density at radius 3 is 2.60 bits per heavy atom. The number of amides is 2. The lowest BCUT2D eigenvalue weighted by molar-refractivity contribution is -0.134. The SMILES string of the molecule is CC1(C)C[C@@H]1C(=O)N1CCn2c(nc(-c3ccc(I)cc3)c2-c2ccc3nc(NC(=O)c4ccnc(F)c4)cn3n2)C1. The van der Waals surface area contributed by atoms with Gasteiger partial charge in [0.15, 0.2) is 11.5 Å². The number of hydrogen-bond acceptors (Lipinski definition) is 6. The Balaban J connectivity index is 1.24. The van der Waals surface area contributed by atoms with Gasteiger partial charge in [0.25, 0.3) is 5.91 Å². The first-order valence-electron chi connectivity index (χ1n) is 13.6. The van der Waals surface area contributed by atoms with Crippen LogP contribution < -0.4 is 5.32 Å². The molecule has 7 rings (SSSR count). The van der Waals surface area contributed by atoms with E-state index < -0.39 is 11.9 Å². The van der Waals surface area contributed by atoms with E-state index in [1.807, 2.05) is 41.3 Å². The summed E-state index contributed by atoms with van der Waals surface area (Å²) in [5.41, 5.74) is 4.04. The van der Waals surface area contributed by atoms with Crippen molar-refractivity contribution in [3.05, 3.63) is 81.8 Å². The smallest absolute Gasteiger partial charge is 0.257 e. The van der Waals surface area contributed by atoms with Crippen molar-refractivity contribution in [3.8, 4) is 22.6 Å². The van der Waals surface area contributed by atoms with Gasteiger partial charge in [-0.25, -0.2) is 19.5 Å². The van der Waals surface area contributed by atoms with Crippen LogP contribution in [-0.2, 0) is 17.9 Å². The highest BCUT2D eigenvalue weighted by molar-refractivity contribution is 14.1. The number of carbonyl (C=O) groups excluding carboxylic acids is 2. The third-order valence-corrected chi connectivity index (χ3v) is 8.73. The number of carbonyl (C=O) groups is 2. The number of benzene rings is 1. The number of nitrogens with one attached hydrogen (secondary N) is 1. The van der Waals surface area contributed by atoms with Crippen molar-refractivity contribution < 1.29 is 14.0 Å². The summed E-state index contributed by atoms with van der Waals surface area (Å²) in [7, 11) is 0. The molecule has 1 fully saturated rings. The first kappa shape index (κ1) is 26.7. The molecule has 5 aromatic rings. The number of anilines is 1.